The fraction of sp³-hybridized carbons (Fsp3) is 0.100. The van der Waals surface area contributed by atoms with Gasteiger partial charge in [0.15, 0.2) is 0 Å². The summed E-state index contributed by atoms with van der Waals surface area (Å²) >= 11 is 0. The minimum atomic E-state index is -0.135. The first-order valence-electron chi connectivity index (χ1n) is 49.9. The normalized spacial score (nSPS) is 14.0. The zero-order chi connectivity index (χ0) is 93.8. The molecule has 0 heterocycles. The molecule has 662 valence electrons. The molecule has 0 spiro atoms. The summed E-state index contributed by atoms with van der Waals surface area (Å²) in [5.74, 6) is 0. The molecule has 24 aromatic rings. The quantitative estimate of drug-likeness (QED) is 0.113. The van der Waals surface area contributed by atoms with Crippen LogP contribution in [0.25, 0.3) is 230 Å². The van der Waals surface area contributed by atoms with Crippen molar-refractivity contribution in [3.8, 4) is 134 Å². The van der Waals surface area contributed by atoms with Crippen molar-refractivity contribution in [1.29, 1.82) is 0 Å². The number of aryl methyl sites for hydroxylation is 2. The number of benzene rings is 24. The largest absolute Gasteiger partial charge is 0.0622 e. The van der Waals surface area contributed by atoms with Crippen molar-refractivity contribution in [3.05, 3.63) is 505 Å². The monoisotopic (exact) mass is 1780 g/mol. The maximum Gasteiger partial charge on any atom is 0.0159 e. The van der Waals surface area contributed by atoms with Crippen molar-refractivity contribution in [1.82, 2.24) is 0 Å². The summed E-state index contributed by atoms with van der Waals surface area (Å²) in [6, 6.07) is 170. The second-order valence-corrected chi connectivity index (χ2v) is 42.1. The first kappa shape index (κ1) is 83.0. The zero-order valence-corrected chi connectivity index (χ0v) is 80.1. The Morgan fingerprint density at radius 1 is 0.143 bits per heavy atom. The molecule has 0 nitrogen and oxygen atoms in total. The van der Waals surface area contributed by atoms with E-state index in [2.05, 4.69) is 504 Å². The maximum absolute atomic E-state index is 2.46. The molecule has 24 aromatic carbocycles. The van der Waals surface area contributed by atoms with Gasteiger partial charge < -0.3 is 0 Å². The molecule has 0 radical (unpaired) electrons. The van der Waals surface area contributed by atoms with Crippen LogP contribution in [0.1, 0.15) is 111 Å². The van der Waals surface area contributed by atoms with E-state index in [-0.39, 0.29) is 21.7 Å². The van der Waals surface area contributed by atoms with E-state index < -0.39 is 0 Å². The highest BCUT2D eigenvalue weighted by atomic mass is 14.4. The molecule has 0 unspecified atom stereocenters. The molecule has 4 aliphatic rings. The SMILES string of the molecule is CC1(C)c2ccccc2-c2ccc(-c3ccc4c(c3)C(C)(C)c3cc(-c5ccc6cc(-c7ccc8ccc(-c9cc%10ccc%11ccc%12ccccc%12c%11c%10c%10ccccc9%10)cc8c7)ccc6c5)ccc3-4)cc21.CC1(C)c2ccccc2-c2ccc(-c3ccc4c(c3)C(C)(C)c3cc(-c5ccc6cc(-c7cccc(CCc8ccc9ccc%10ccccc%10c9c8-c8ccccc8)c7)ccc6c5)ccc3-4)cc21. The summed E-state index contributed by atoms with van der Waals surface area (Å²) in [4.78, 5) is 0. The second-order valence-electron chi connectivity index (χ2n) is 42.1. The van der Waals surface area contributed by atoms with Gasteiger partial charge >= 0.3 is 0 Å². The molecule has 0 saturated heterocycles. The van der Waals surface area contributed by atoms with E-state index in [1.165, 1.54) is 286 Å². The molecule has 0 bridgehead atoms. The summed E-state index contributed by atoms with van der Waals surface area (Å²) in [6.45, 7) is 19.1. The van der Waals surface area contributed by atoms with Crippen molar-refractivity contribution in [2.45, 2.75) is 89.9 Å². The van der Waals surface area contributed by atoms with Gasteiger partial charge in [0, 0.05) is 21.7 Å². The molecule has 0 aliphatic heterocycles. The summed E-state index contributed by atoms with van der Waals surface area (Å²) in [7, 11) is 0. The van der Waals surface area contributed by atoms with Crippen LogP contribution in [0.3, 0.4) is 0 Å². The Morgan fingerprint density at radius 2 is 0.436 bits per heavy atom. The van der Waals surface area contributed by atoms with Gasteiger partial charge in [0.1, 0.15) is 0 Å². The van der Waals surface area contributed by atoms with Crippen molar-refractivity contribution in [3.63, 3.8) is 0 Å². The lowest BCUT2D eigenvalue weighted by Crippen LogP contribution is -2.15. The predicted molar refractivity (Wildman–Crippen MR) is 598 cm³/mol. The fourth-order valence-electron chi connectivity index (χ4n) is 25.2. The van der Waals surface area contributed by atoms with Crippen LogP contribution in [0.4, 0.5) is 0 Å². The summed E-state index contributed by atoms with van der Waals surface area (Å²) in [5, 5.41) is 23.1. The Morgan fingerprint density at radius 3 is 0.893 bits per heavy atom. The molecule has 0 N–H and O–H groups in total. The number of fused-ring (bicyclic) bond motifs is 25. The first-order valence-corrected chi connectivity index (χ1v) is 49.9. The van der Waals surface area contributed by atoms with Gasteiger partial charge in [-0.15, -0.1) is 0 Å². The van der Waals surface area contributed by atoms with E-state index >= 15 is 0 Å². The predicted octanol–water partition coefficient (Wildman–Crippen LogP) is 38.1. The van der Waals surface area contributed by atoms with E-state index in [9.17, 15) is 0 Å². The minimum absolute atomic E-state index is 0.0209. The zero-order valence-electron chi connectivity index (χ0n) is 80.1. The van der Waals surface area contributed by atoms with Gasteiger partial charge in [0.25, 0.3) is 0 Å². The summed E-state index contributed by atoms with van der Waals surface area (Å²) in [6.07, 6.45) is 1.93. The van der Waals surface area contributed by atoms with Crippen molar-refractivity contribution in [2.75, 3.05) is 0 Å². The van der Waals surface area contributed by atoms with E-state index in [0.29, 0.717) is 0 Å². The lowest BCUT2D eigenvalue weighted by molar-refractivity contribution is 0.659. The van der Waals surface area contributed by atoms with Crippen molar-refractivity contribution < 1.29 is 0 Å². The highest BCUT2D eigenvalue weighted by Gasteiger charge is 2.41. The Hall–Kier alpha value is -16.4. The number of hydrogen-bond acceptors (Lipinski definition) is 0. The lowest BCUT2D eigenvalue weighted by atomic mass is 9.80. The molecule has 28 rings (SSSR count). The molecule has 0 amide bonds. The topological polar surface area (TPSA) is 0 Å². The molecule has 140 heavy (non-hydrogen) atoms. The highest BCUT2D eigenvalue weighted by molar-refractivity contribution is 6.29. The number of hydrogen-bond donors (Lipinski definition) is 0. The molecular formula is C140H102. The summed E-state index contributed by atoms with van der Waals surface area (Å²) in [5.41, 5.74) is 44.8. The molecule has 0 fully saturated rings. The maximum atomic E-state index is 2.46. The number of rotatable bonds is 11. The average molecular weight is 1780 g/mol. The van der Waals surface area contributed by atoms with Crippen LogP contribution in [-0.4, -0.2) is 0 Å². The van der Waals surface area contributed by atoms with E-state index in [4.69, 9.17) is 0 Å². The third kappa shape index (κ3) is 13.2. The fourth-order valence-corrected chi connectivity index (χ4v) is 25.2. The Balaban J connectivity index is 0.000000141. The van der Waals surface area contributed by atoms with Gasteiger partial charge in [-0.3, -0.25) is 0 Å². The van der Waals surface area contributed by atoms with Crippen LogP contribution in [-0.2, 0) is 34.5 Å². The Labute approximate surface area is 818 Å². The van der Waals surface area contributed by atoms with Gasteiger partial charge in [0.05, 0.1) is 0 Å². The highest BCUT2D eigenvalue weighted by Crippen LogP contribution is 2.57. The third-order valence-electron chi connectivity index (χ3n) is 32.7. The van der Waals surface area contributed by atoms with Crippen LogP contribution in [0, 0.1) is 0 Å². The van der Waals surface area contributed by atoms with E-state index in [0.717, 1.165) is 12.8 Å². The van der Waals surface area contributed by atoms with Crippen LogP contribution in [0.15, 0.2) is 449 Å². The van der Waals surface area contributed by atoms with Gasteiger partial charge in [-0.2, -0.15) is 0 Å². The van der Waals surface area contributed by atoms with Gasteiger partial charge in [-0.1, -0.05) is 425 Å². The van der Waals surface area contributed by atoms with Crippen LogP contribution < -0.4 is 0 Å². The standard InChI is InChI=1S/C72H50.C68H52/c1-71(2)65-16-10-9-14-59(65)60-32-30-52(41-66(60)71)53-31-34-62-61-33-29-51(40-67(61)72(3,4)68(62)42-53)49-26-25-46-35-48(24-23-47(46)36-49)50-22-17-43-18-27-54(38-56(43)37-50)64-39-55-28-21-45-20-19-44-11-5-6-12-57(44)69(45)70(55)63-15-8-7-13-58(63)64;1-67(2)61-20-11-10-19-57(61)58-34-32-54(41-62(58)67)55-33-36-60-59-35-31-53(40-63(59)68(3,4)64(60)42-55)52-30-29-50-38-49(27-28-51(50)39-52)48-17-12-13-43(37-48)21-22-46-25-26-47-24-23-44-14-8-9-18-56(44)66(47)65(46)45-15-6-5-7-16-45/h5-42H,1-4H3;5-20,23-42H,21-22H2,1-4H3. The molecule has 4 aliphatic carbocycles. The lowest BCUT2D eigenvalue weighted by Gasteiger charge is -2.23. The van der Waals surface area contributed by atoms with E-state index in [1.807, 2.05) is 0 Å². The first-order chi connectivity index (χ1) is 68.3. The van der Waals surface area contributed by atoms with Crippen LogP contribution in [0.5, 0.6) is 0 Å². The van der Waals surface area contributed by atoms with Gasteiger partial charge in [-0.05, 0) is 378 Å². The Kier molecular flexibility index (Phi) is 18.7. The van der Waals surface area contributed by atoms with Gasteiger partial charge in [0.2, 0.25) is 0 Å². The van der Waals surface area contributed by atoms with Gasteiger partial charge in [-0.25, -0.2) is 0 Å². The molecule has 0 atom stereocenters. The van der Waals surface area contributed by atoms with Crippen molar-refractivity contribution >= 4 is 97.0 Å². The molecule has 0 aromatic heterocycles. The van der Waals surface area contributed by atoms with Crippen LogP contribution in [0.2, 0.25) is 0 Å². The average Bonchev–Trinajstić information content (AvgIpc) is 1.66. The van der Waals surface area contributed by atoms with E-state index in [1.54, 1.807) is 0 Å². The molecular weight excluding hydrogens is 1680 g/mol. The summed E-state index contributed by atoms with van der Waals surface area (Å²) < 4.78 is 0. The van der Waals surface area contributed by atoms with Crippen molar-refractivity contribution in [2.24, 2.45) is 0 Å². The second kappa shape index (κ2) is 31.6. The smallest absolute Gasteiger partial charge is 0.0159 e. The minimum Gasteiger partial charge on any atom is -0.0622 e. The van der Waals surface area contributed by atoms with Crippen LogP contribution >= 0.6 is 0 Å². The Bertz CT molecular complexity index is 9420. The molecule has 0 saturated carbocycles. The molecule has 0 heteroatoms. The third-order valence-corrected chi connectivity index (χ3v) is 32.7.